The fraction of sp³-hybridized carbons (Fsp3) is 0.316. The molecular weight excluding hydrogens is 374 g/mol. The van der Waals surface area contributed by atoms with Crippen LogP contribution in [0.2, 0.25) is 0 Å². The van der Waals surface area contributed by atoms with Gasteiger partial charge in [-0.15, -0.1) is 0 Å². The van der Waals surface area contributed by atoms with Crippen molar-refractivity contribution in [3.8, 4) is 0 Å². The molecule has 1 aliphatic rings. The molecule has 0 N–H and O–H groups in total. The van der Waals surface area contributed by atoms with Gasteiger partial charge in [0.25, 0.3) is 5.91 Å². The van der Waals surface area contributed by atoms with E-state index in [-0.39, 0.29) is 22.7 Å². The molecule has 1 heterocycles. The van der Waals surface area contributed by atoms with Crippen molar-refractivity contribution in [1.29, 1.82) is 0 Å². The number of sulfonamides is 1. The van der Waals surface area contributed by atoms with Crippen LogP contribution in [-0.2, 0) is 10.0 Å². The monoisotopic (exact) mass is 394 g/mol. The molecule has 1 saturated heterocycles. The molecule has 0 radical (unpaired) electrons. The van der Waals surface area contributed by atoms with E-state index in [4.69, 9.17) is 0 Å². The minimum atomic E-state index is -3.65. The average Bonchev–Trinajstić information content (AvgIpc) is 3.21. The minimum Gasteiger partial charge on any atom is -0.309 e. The highest BCUT2D eigenvalue weighted by atomic mass is 32.2. The van der Waals surface area contributed by atoms with E-state index in [1.807, 2.05) is 0 Å². The standard InChI is InChI=1S/C19H20F2N2O3S/c1-2-23(15-8-9-17(20)18(21)13-15)19(24)14-6-5-7-16(12-14)27(25,26)22-10-3-4-11-22/h5-9,12-13H,2-4,10-11H2,1H3. The molecule has 2 aromatic carbocycles. The smallest absolute Gasteiger partial charge is 0.258 e. The number of nitrogens with zero attached hydrogens (tertiary/aromatic N) is 2. The predicted octanol–water partition coefficient (Wildman–Crippen LogP) is 3.42. The summed E-state index contributed by atoms with van der Waals surface area (Å²) in [5.41, 5.74) is 0.371. The lowest BCUT2D eigenvalue weighted by atomic mass is 10.1. The Hall–Kier alpha value is -2.32. The first-order valence-corrected chi connectivity index (χ1v) is 10.2. The second kappa shape index (κ2) is 7.74. The van der Waals surface area contributed by atoms with Crippen LogP contribution >= 0.6 is 0 Å². The van der Waals surface area contributed by atoms with Crippen molar-refractivity contribution in [2.24, 2.45) is 0 Å². The van der Waals surface area contributed by atoms with Crippen molar-refractivity contribution < 1.29 is 22.0 Å². The van der Waals surface area contributed by atoms with Crippen LogP contribution < -0.4 is 4.90 Å². The molecule has 0 unspecified atom stereocenters. The molecule has 1 aliphatic heterocycles. The van der Waals surface area contributed by atoms with E-state index >= 15 is 0 Å². The fourth-order valence-electron chi connectivity index (χ4n) is 3.12. The van der Waals surface area contributed by atoms with E-state index in [2.05, 4.69) is 0 Å². The summed E-state index contributed by atoms with van der Waals surface area (Å²) in [4.78, 5) is 14.2. The molecule has 27 heavy (non-hydrogen) atoms. The van der Waals surface area contributed by atoms with Crippen LogP contribution in [-0.4, -0.2) is 38.3 Å². The van der Waals surface area contributed by atoms with Gasteiger partial charge in [0.05, 0.1) is 4.90 Å². The molecule has 2 aromatic rings. The highest BCUT2D eigenvalue weighted by molar-refractivity contribution is 7.89. The number of amides is 1. The topological polar surface area (TPSA) is 57.7 Å². The zero-order valence-electron chi connectivity index (χ0n) is 14.9. The summed E-state index contributed by atoms with van der Waals surface area (Å²) >= 11 is 0. The third-order valence-corrected chi connectivity index (χ3v) is 6.45. The Bertz CT molecular complexity index is 957. The lowest BCUT2D eigenvalue weighted by molar-refractivity contribution is 0.0988. The maximum absolute atomic E-state index is 13.5. The molecule has 8 heteroatoms. The quantitative estimate of drug-likeness (QED) is 0.781. The summed E-state index contributed by atoms with van der Waals surface area (Å²) in [6.07, 6.45) is 1.63. The van der Waals surface area contributed by atoms with Gasteiger partial charge in [0.15, 0.2) is 11.6 Å². The van der Waals surface area contributed by atoms with Crippen molar-refractivity contribution >= 4 is 21.6 Å². The summed E-state index contributed by atoms with van der Waals surface area (Å²) in [7, 11) is -3.65. The van der Waals surface area contributed by atoms with Gasteiger partial charge < -0.3 is 4.90 Å². The molecule has 0 aromatic heterocycles. The van der Waals surface area contributed by atoms with E-state index in [1.54, 1.807) is 6.92 Å². The molecule has 0 spiro atoms. The summed E-state index contributed by atoms with van der Waals surface area (Å²) < 4.78 is 53.5. The van der Waals surface area contributed by atoms with Crippen LogP contribution in [0.15, 0.2) is 47.4 Å². The lowest BCUT2D eigenvalue weighted by Gasteiger charge is -2.22. The Kier molecular flexibility index (Phi) is 5.57. The average molecular weight is 394 g/mol. The van der Waals surface area contributed by atoms with E-state index < -0.39 is 27.6 Å². The highest BCUT2D eigenvalue weighted by Gasteiger charge is 2.28. The van der Waals surface area contributed by atoms with E-state index in [0.29, 0.717) is 13.1 Å². The van der Waals surface area contributed by atoms with E-state index in [1.165, 1.54) is 39.5 Å². The van der Waals surface area contributed by atoms with Gasteiger partial charge in [-0.1, -0.05) is 6.07 Å². The number of hydrogen-bond donors (Lipinski definition) is 0. The van der Waals surface area contributed by atoms with E-state index in [0.717, 1.165) is 25.0 Å². The number of hydrogen-bond acceptors (Lipinski definition) is 3. The molecule has 3 rings (SSSR count). The number of halogens is 2. The van der Waals surface area contributed by atoms with Crippen molar-refractivity contribution in [2.75, 3.05) is 24.5 Å². The first-order chi connectivity index (χ1) is 12.8. The molecule has 1 amide bonds. The number of carbonyl (C=O) groups excluding carboxylic acids is 1. The highest BCUT2D eigenvalue weighted by Crippen LogP contribution is 2.24. The summed E-state index contributed by atoms with van der Waals surface area (Å²) in [6, 6.07) is 9.01. The predicted molar refractivity (Wildman–Crippen MR) is 98.1 cm³/mol. The number of rotatable bonds is 5. The third-order valence-electron chi connectivity index (χ3n) is 4.56. The van der Waals surface area contributed by atoms with Crippen LogP contribution in [0.1, 0.15) is 30.1 Å². The van der Waals surface area contributed by atoms with Gasteiger partial charge in [-0.2, -0.15) is 4.31 Å². The summed E-state index contributed by atoms with van der Waals surface area (Å²) in [6.45, 7) is 2.85. The van der Waals surface area contributed by atoms with Gasteiger partial charge in [-0.3, -0.25) is 4.79 Å². The Morgan fingerprint density at radius 2 is 1.78 bits per heavy atom. The lowest BCUT2D eigenvalue weighted by Crippen LogP contribution is -2.31. The number of carbonyl (C=O) groups is 1. The van der Waals surface area contributed by atoms with Crippen LogP contribution in [0.3, 0.4) is 0 Å². The van der Waals surface area contributed by atoms with Crippen molar-refractivity contribution in [1.82, 2.24) is 4.31 Å². The zero-order valence-corrected chi connectivity index (χ0v) is 15.7. The Morgan fingerprint density at radius 3 is 2.41 bits per heavy atom. The number of benzene rings is 2. The second-order valence-corrected chi connectivity index (χ2v) is 8.22. The SMILES string of the molecule is CCN(C(=O)c1cccc(S(=O)(=O)N2CCCC2)c1)c1ccc(F)c(F)c1. The minimum absolute atomic E-state index is 0.0524. The molecule has 1 fully saturated rings. The van der Waals surface area contributed by atoms with Crippen molar-refractivity contribution in [3.63, 3.8) is 0 Å². The maximum Gasteiger partial charge on any atom is 0.258 e. The van der Waals surface area contributed by atoms with Gasteiger partial charge in [-0.25, -0.2) is 17.2 Å². The van der Waals surface area contributed by atoms with Crippen LogP contribution in [0.5, 0.6) is 0 Å². The largest absolute Gasteiger partial charge is 0.309 e. The first-order valence-electron chi connectivity index (χ1n) is 8.71. The Labute approximate surface area is 157 Å². The molecule has 0 atom stereocenters. The van der Waals surface area contributed by atoms with Crippen LogP contribution in [0.4, 0.5) is 14.5 Å². The Balaban J connectivity index is 1.93. The first kappa shape index (κ1) is 19.4. The zero-order chi connectivity index (χ0) is 19.6. The van der Waals surface area contributed by atoms with Crippen molar-refractivity contribution in [3.05, 3.63) is 59.7 Å². The van der Waals surface area contributed by atoms with Crippen LogP contribution in [0.25, 0.3) is 0 Å². The van der Waals surface area contributed by atoms with E-state index in [9.17, 15) is 22.0 Å². The third kappa shape index (κ3) is 3.86. The van der Waals surface area contributed by atoms with Gasteiger partial charge in [0, 0.05) is 37.0 Å². The van der Waals surface area contributed by atoms with Gasteiger partial charge in [0.2, 0.25) is 10.0 Å². The number of anilines is 1. The molecule has 0 saturated carbocycles. The van der Waals surface area contributed by atoms with Gasteiger partial charge in [0.1, 0.15) is 0 Å². The molecule has 0 bridgehead atoms. The second-order valence-electron chi connectivity index (χ2n) is 6.29. The van der Waals surface area contributed by atoms with Gasteiger partial charge in [-0.05, 0) is 50.1 Å². The van der Waals surface area contributed by atoms with Gasteiger partial charge >= 0.3 is 0 Å². The van der Waals surface area contributed by atoms with Crippen LogP contribution in [0, 0.1) is 11.6 Å². The molecule has 0 aliphatic carbocycles. The molecule has 5 nitrogen and oxygen atoms in total. The maximum atomic E-state index is 13.5. The normalized spacial score (nSPS) is 15.1. The molecule has 144 valence electrons. The summed E-state index contributed by atoms with van der Waals surface area (Å²) in [5, 5.41) is 0. The Morgan fingerprint density at radius 1 is 1.07 bits per heavy atom. The summed E-state index contributed by atoms with van der Waals surface area (Å²) in [5.74, 6) is -2.54. The fourth-order valence-corrected chi connectivity index (χ4v) is 4.68. The van der Waals surface area contributed by atoms with Crippen molar-refractivity contribution in [2.45, 2.75) is 24.7 Å². The molecular formula is C19H20F2N2O3S.